The summed E-state index contributed by atoms with van der Waals surface area (Å²) in [5.74, 6) is 0.118. The molecule has 0 N–H and O–H groups in total. The Hall–Kier alpha value is -0.570. The van der Waals surface area contributed by atoms with Crippen LogP contribution in [0.4, 0.5) is 0 Å². The fourth-order valence-electron chi connectivity index (χ4n) is 0.819. The standard InChI is InChI=1S/C7H8BrNO/c1-9-4-2-3-6(9)7(10)5-8/h2-4H,5H2,1H3. The van der Waals surface area contributed by atoms with Crippen LogP contribution in [-0.4, -0.2) is 15.7 Å². The number of aryl methyl sites for hydroxylation is 1. The van der Waals surface area contributed by atoms with E-state index in [0.717, 1.165) is 5.69 Å². The molecule has 1 aromatic rings. The average Bonchev–Trinajstić information content (AvgIpc) is 2.34. The molecule has 3 heteroatoms. The third kappa shape index (κ3) is 1.29. The van der Waals surface area contributed by atoms with Crippen LogP contribution in [-0.2, 0) is 7.05 Å². The van der Waals surface area contributed by atoms with E-state index in [0.29, 0.717) is 5.33 Å². The Balaban J connectivity index is 2.93. The van der Waals surface area contributed by atoms with Crippen LogP contribution in [0.3, 0.4) is 0 Å². The molecule has 10 heavy (non-hydrogen) atoms. The molecular formula is C7H8BrNO. The predicted molar refractivity (Wildman–Crippen MR) is 43.5 cm³/mol. The maximum absolute atomic E-state index is 11.0. The van der Waals surface area contributed by atoms with Crippen molar-refractivity contribution in [2.45, 2.75) is 0 Å². The van der Waals surface area contributed by atoms with Crippen LogP contribution in [0, 0.1) is 0 Å². The van der Waals surface area contributed by atoms with Crippen molar-refractivity contribution in [3.63, 3.8) is 0 Å². The summed E-state index contributed by atoms with van der Waals surface area (Å²) in [5.41, 5.74) is 0.747. The van der Waals surface area contributed by atoms with Crippen molar-refractivity contribution in [2.75, 3.05) is 5.33 Å². The zero-order chi connectivity index (χ0) is 7.56. The first-order chi connectivity index (χ1) is 4.75. The quantitative estimate of drug-likeness (QED) is 0.527. The van der Waals surface area contributed by atoms with Gasteiger partial charge in [0, 0.05) is 13.2 Å². The molecule has 0 bridgehead atoms. The van der Waals surface area contributed by atoms with Gasteiger partial charge in [-0.25, -0.2) is 0 Å². The number of halogens is 1. The summed E-state index contributed by atoms with van der Waals surface area (Å²) in [6.07, 6.45) is 1.86. The Morgan fingerprint density at radius 3 is 2.90 bits per heavy atom. The number of carbonyl (C=O) groups excluding carboxylic acids is 1. The number of nitrogens with zero attached hydrogens (tertiary/aromatic N) is 1. The predicted octanol–water partition coefficient (Wildman–Crippen LogP) is 1.60. The molecule has 0 aliphatic heterocycles. The number of alkyl halides is 1. The fourth-order valence-corrected chi connectivity index (χ4v) is 1.11. The van der Waals surface area contributed by atoms with Gasteiger partial charge < -0.3 is 4.57 Å². The molecule has 2 nitrogen and oxygen atoms in total. The van der Waals surface area contributed by atoms with Crippen molar-refractivity contribution in [3.8, 4) is 0 Å². The monoisotopic (exact) mass is 201 g/mol. The number of carbonyl (C=O) groups is 1. The van der Waals surface area contributed by atoms with E-state index in [1.807, 2.05) is 29.9 Å². The van der Waals surface area contributed by atoms with E-state index >= 15 is 0 Å². The summed E-state index contributed by atoms with van der Waals surface area (Å²) in [6.45, 7) is 0. The smallest absolute Gasteiger partial charge is 0.189 e. The minimum Gasteiger partial charge on any atom is -0.348 e. The maximum Gasteiger partial charge on any atom is 0.189 e. The van der Waals surface area contributed by atoms with E-state index in [1.165, 1.54) is 0 Å². The summed E-state index contributed by atoms with van der Waals surface area (Å²) >= 11 is 3.11. The summed E-state index contributed by atoms with van der Waals surface area (Å²) in [6, 6.07) is 3.67. The van der Waals surface area contributed by atoms with Gasteiger partial charge in [-0.1, -0.05) is 15.9 Å². The normalized spacial score (nSPS) is 9.80. The van der Waals surface area contributed by atoms with Crippen molar-refractivity contribution >= 4 is 21.7 Å². The van der Waals surface area contributed by atoms with Crippen molar-refractivity contribution in [1.29, 1.82) is 0 Å². The summed E-state index contributed by atoms with van der Waals surface area (Å²) in [4.78, 5) is 11.0. The van der Waals surface area contributed by atoms with Gasteiger partial charge in [-0.3, -0.25) is 4.79 Å². The lowest BCUT2D eigenvalue weighted by molar-refractivity contribution is 0.101. The zero-order valence-corrected chi connectivity index (χ0v) is 7.26. The second kappa shape index (κ2) is 3.01. The van der Waals surface area contributed by atoms with E-state index in [9.17, 15) is 4.79 Å². The van der Waals surface area contributed by atoms with Gasteiger partial charge in [-0.15, -0.1) is 0 Å². The number of rotatable bonds is 2. The first kappa shape index (κ1) is 7.54. The molecule has 1 rings (SSSR count). The minimum absolute atomic E-state index is 0.118. The highest BCUT2D eigenvalue weighted by atomic mass is 79.9. The SMILES string of the molecule is Cn1cccc1C(=O)CBr. The van der Waals surface area contributed by atoms with Crippen LogP contribution in [0.15, 0.2) is 18.3 Å². The largest absolute Gasteiger partial charge is 0.348 e. The highest BCUT2D eigenvalue weighted by Crippen LogP contribution is 2.02. The van der Waals surface area contributed by atoms with Gasteiger partial charge in [0.25, 0.3) is 0 Å². The van der Waals surface area contributed by atoms with Crippen LogP contribution in [0.25, 0.3) is 0 Å². The second-order valence-electron chi connectivity index (χ2n) is 2.06. The molecular weight excluding hydrogens is 194 g/mol. The van der Waals surface area contributed by atoms with Gasteiger partial charge in [0.2, 0.25) is 0 Å². The second-order valence-corrected chi connectivity index (χ2v) is 2.62. The van der Waals surface area contributed by atoms with Gasteiger partial charge in [0.05, 0.1) is 11.0 Å². The van der Waals surface area contributed by atoms with Crippen LogP contribution in [0.5, 0.6) is 0 Å². The molecule has 1 aromatic heterocycles. The Morgan fingerprint density at radius 1 is 1.80 bits per heavy atom. The number of Topliss-reactive ketones (excluding diaryl/α,β-unsaturated/α-hetero) is 1. The average molecular weight is 202 g/mol. The molecule has 1 heterocycles. The summed E-state index contributed by atoms with van der Waals surface area (Å²) in [7, 11) is 1.86. The molecule has 0 saturated heterocycles. The Kier molecular flexibility index (Phi) is 2.27. The van der Waals surface area contributed by atoms with Crippen LogP contribution < -0.4 is 0 Å². The van der Waals surface area contributed by atoms with Crippen LogP contribution in [0.1, 0.15) is 10.5 Å². The van der Waals surface area contributed by atoms with Gasteiger partial charge in [-0.2, -0.15) is 0 Å². The lowest BCUT2D eigenvalue weighted by atomic mass is 10.3. The summed E-state index contributed by atoms with van der Waals surface area (Å²) < 4.78 is 1.81. The third-order valence-electron chi connectivity index (χ3n) is 1.35. The Labute approximate surface area is 68.0 Å². The molecule has 0 amide bonds. The lowest BCUT2D eigenvalue weighted by Gasteiger charge is -1.96. The number of aromatic nitrogens is 1. The third-order valence-corrected chi connectivity index (χ3v) is 1.86. The van der Waals surface area contributed by atoms with E-state index in [4.69, 9.17) is 0 Å². The lowest BCUT2D eigenvalue weighted by Crippen LogP contribution is -2.05. The van der Waals surface area contributed by atoms with Crippen molar-refractivity contribution in [1.82, 2.24) is 4.57 Å². The molecule has 0 aliphatic rings. The van der Waals surface area contributed by atoms with Gasteiger partial charge in [0.15, 0.2) is 5.78 Å². The molecule has 0 unspecified atom stereocenters. The Morgan fingerprint density at radius 2 is 2.50 bits per heavy atom. The van der Waals surface area contributed by atoms with E-state index in [-0.39, 0.29) is 5.78 Å². The van der Waals surface area contributed by atoms with Crippen molar-refractivity contribution in [3.05, 3.63) is 24.0 Å². The van der Waals surface area contributed by atoms with Gasteiger partial charge in [-0.05, 0) is 12.1 Å². The molecule has 0 radical (unpaired) electrons. The number of ketones is 1. The Bertz CT molecular complexity index is 242. The first-order valence-electron chi connectivity index (χ1n) is 2.96. The van der Waals surface area contributed by atoms with E-state index in [1.54, 1.807) is 0 Å². The van der Waals surface area contributed by atoms with E-state index < -0.39 is 0 Å². The zero-order valence-electron chi connectivity index (χ0n) is 5.67. The molecule has 0 saturated carbocycles. The first-order valence-corrected chi connectivity index (χ1v) is 4.08. The molecule has 0 atom stereocenters. The van der Waals surface area contributed by atoms with Crippen LogP contribution >= 0.6 is 15.9 Å². The minimum atomic E-state index is 0.118. The van der Waals surface area contributed by atoms with Gasteiger partial charge in [0.1, 0.15) is 0 Å². The molecule has 0 aromatic carbocycles. The van der Waals surface area contributed by atoms with Gasteiger partial charge >= 0.3 is 0 Å². The van der Waals surface area contributed by atoms with Crippen molar-refractivity contribution < 1.29 is 4.79 Å². The molecule has 0 spiro atoms. The highest BCUT2D eigenvalue weighted by Gasteiger charge is 2.04. The highest BCUT2D eigenvalue weighted by molar-refractivity contribution is 9.09. The number of hydrogen-bond donors (Lipinski definition) is 0. The number of hydrogen-bond acceptors (Lipinski definition) is 1. The van der Waals surface area contributed by atoms with Crippen molar-refractivity contribution in [2.24, 2.45) is 7.05 Å². The van der Waals surface area contributed by atoms with E-state index in [2.05, 4.69) is 15.9 Å². The topological polar surface area (TPSA) is 22.0 Å². The molecule has 0 aliphatic carbocycles. The molecule has 54 valence electrons. The molecule has 0 fully saturated rings. The fraction of sp³-hybridized carbons (Fsp3) is 0.286. The van der Waals surface area contributed by atoms with Crippen LogP contribution in [0.2, 0.25) is 0 Å². The maximum atomic E-state index is 11.0. The summed E-state index contributed by atoms with van der Waals surface area (Å²) in [5, 5.41) is 0.394.